The van der Waals surface area contributed by atoms with Crippen molar-refractivity contribution in [3.05, 3.63) is 29.3 Å². The summed E-state index contributed by atoms with van der Waals surface area (Å²) in [6.07, 6.45) is 4.83. The van der Waals surface area contributed by atoms with Gasteiger partial charge < -0.3 is 19.5 Å². The first kappa shape index (κ1) is 23.5. The molecule has 0 aromatic heterocycles. The summed E-state index contributed by atoms with van der Waals surface area (Å²) in [6.45, 7) is 2.33. The Kier molecular flexibility index (Phi) is 5.55. The molecule has 2 aliphatic heterocycles. The van der Waals surface area contributed by atoms with Crippen LogP contribution in [0.2, 0.25) is 0 Å². The molecular formula is C25H31Cl3N2O4. The van der Waals surface area contributed by atoms with E-state index in [4.69, 9.17) is 44.3 Å². The average molecular weight is 530 g/mol. The van der Waals surface area contributed by atoms with Crippen molar-refractivity contribution in [1.29, 1.82) is 0 Å². The van der Waals surface area contributed by atoms with Gasteiger partial charge in [-0.1, -0.05) is 40.9 Å². The van der Waals surface area contributed by atoms with E-state index >= 15 is 0 Å². The SMILES string of the molecule is COc1ccc2c(c1)C13CCN(CCO)C(C2)C12CCC1C3[C@@H](CN1C(=O)OCC(Cl)(Cl)Cl)C2. The molecule has 9 heteroatoms. The maximum absolute atomic E-state index is 13.1. The largest absolute Gasteiger partial charge is 0.497 e. The molecule has 5 aliphatic rings. The molecule has 1 aromatic carbocycles. The molecule has 6 nitrogen and oxygen atoms in total. The summed E-state index contributed by atoms with van der Waals surface area (Å²) in [5, 5.41) is 9.80. The van der Waals surface area contributed by atoms with E-state index in [2.05, 4.69) is 23.1 Å². The van der Waals surface area contributed by atoms with Crippen molar-refractivity contribution in [2.24, 2.45) is 17.3 Å². The number of methoxy groups -OCH3 is 1. The topological polar surface area (TPSA) is 62.2 Å². The van der Waals surface area contributed by atoms with E-state index in [0.29, 0.717) is 24.4 Å². The third kappa shape index (κ3) is 3.11. The molecule has 2 heterocycles. The summed E-state index contributed by atoms with van der Waals surface area (Å²) >= 11 is 17.5. The second-order valence-corrected chi connectivity index (χ2v) is 13.3. The molecule has 3 aliphatic carbocycles. The van der Waals surface area contributed by atoms with Gasteiger partial charge in [-0.15, -0.1) is 0 Å². The van der Waals surface area contributed by atoms with Gasteiger partial charge in [0.15, 0.2) is 0 Å². The maximum Gasteiger partial charge on any atom is 0.410 e. The highest BCUT2D eigenvalue weighted by Crippen LogP contribution is 2.75. The molecule has 1 amide bonds. The van der Waals surface area contributed by atoms with Crippen molar-refractivity contribution in [3.8, 4) is 5.75 Å². The molecule has 6 rings (SSSR count). The lowest BCUT2D eigenvalue weighted by Gasteiger charge is -2.66. The summed E-state index contributed by atoms with van der Waals surface area (Å²) in [4.78, 5) is 17.6. The molecule has 0 radical (unpaired) electrons. The highest BCUT2D eigenvalue weighted by Gasteiger charge is 2.76. The standard InChI is InChI=1S/C25H31Cl3N2O4/c1-33-17-3-2-15-10-20-23-5-4-19-21(24(23,18(15)11-17)6-7-29(20)8-9-31)16(12-23)13-30(19)22(32)34-14-25(26,27)28/h2-3,11,16,19-21,31H,4-10,12-14H2,1H3/t16-,19?,20?,21?,23?,24?/m1/s1. The molecule has 4 bridgehead atoms. The van der Waals surface area contributed by atoms with Crippen LogP contribution in [0.1, 0.15) is 36.8 Å². The lowest BCUT2D eigenvalue weighted by Crippen LogP contribution is -2.70. The van der Waals surface area contributed by atoms with Gasteiger partial charge in [0.05, 0.1) is 13.7 Å². The molecule has 5 unspecified atom stereocenters. The fraction of sp³-hybridized carbons (Fsp3) is 0.720. The van der Waals surface area contributed by atoms with E-state index in [0.717, 1.165) is 50.9 Å². The van der Waals surface area contributed by atoms with E-state index in [1.807, 2.05) is 4.90 Å². The lowest BCUT2D eigenvalue weighted by atomic mass is 9.43. The van der Waals surface area contributed by atoms with Gasteiger partial charge in [0, 0.05) is 30.6 Å². The van der Waals surface area contributed by atoms with Crippen LogP contribution in [0.5, 0.6) is 5.75 Å². The number of ether oxygens (including phenoxy) is 2. The van der Waals surface area contributed by atoms with Crippen molar-refractivity contribution in [1.82, 2.24) is 9.80 Å². The summed E-state index contributed by atoms with van der Waals surface area (Å²) in [7, 11) is 1.73. The predicted octanol–water partition coefficient (Wildman–Crippen LogP) is 4.16. The van der Waals surface area contributed by atoms with E-state index in [9.17, 15) is 9.90 Å². The number of carbonyl (C=O) groups is 1. The molecule has 1 aromatic rings. The molecule has 2 saturated heterocycles. The molecule has 34 heavy (non-hydrogen) atoms. The van der Waals surface area contributed by atoms with Crippen molar-refractivity contribution in [3.63, 3.8) is 0 Å². The van der Waals surface area contributed by atoms with E-state index in [1.54, 1.807) is 7.11 Å². The van der Waals surface area contributed by atoms with Gasteiger partial charge >= 0.3 is 6.09 Å². The minimum atomic E-state index is -1.61. The number of fused-ring (bicyclic) bond motifs is 1. The Morgan fingerprint density at radius 3 is 2.85 bits per heavy atom. The zero-order chi connectivity index (χ0) is 23.9. The van der Waals surface area contributed by atoms with Crippen molar-refractivity contribution in [2.75, 3.05) is 40.0 Å². The quantitative estimate of drug-likeness (QED) is 0.594. The number of hydrogen-bond acceptors (Lipinski definition) is 5. The molecule has 0 spiro atoms. The summed E-state index contributed by atoms with van der Waals surface area (Å²) in [5.74, 6) is 1.70. The maximum atomic E-state index is 13.1. The molecular weight excluding hydrogens is 499 g/mol. The first-order valence-electron chi connectivity index (χ1n) is 12.3. The van der Waals surface area contributed by atoms with Crippen LogP contribution in [0.4, 0.5) is 4.79 Å². The normalized spacial score (nSPS) is 37.9. The van der Waals surface area contributed by atoms with Gasteiger partial charge in [-0.25, -0.2) is 4.79 Å². The molecule has 2 saturated carbocycles. The summed E-state index contributed by atoms with van der Waals surface area (Å²) in [5.41, 5.74) is 2.99. The van der Waals surface area contributed by atoms with E-state index in [-0.39, 0.29) is 36.2 Å². The van der Waals surface area contributed by atoms with Crippen molar-refractivity contribution in [2.45, 2.75) is 53.4 Å². The predicted molar refractivity (Wildman–Crippen MR) is 131 cm³/mol. The number of alkyl halides is 3. The highest BCUT2D eigenvalue weighted by molar-refractivity contribution is 6.67. The van der Waals surface area contributed by atoms with Gasteiger partial charge in [-0.05, 0) is 79.2 Å². The van der Waals surface area contributed by atoms with Crippen LogP contribution in [0.15, 0.2) is 18.2 Å². The Morgan fingerprint density at radius 2 is 2.12 bits per heavy atom. The molecule has 4 fully saturated rings. The third-order valence-corrected chi connectivity index (χ3v) is 10.1. The number of likely N-dealkylation sites (tertiary alicyclic amines) is 2. The molecule has 186 valence electrons. The van der Waals surface area contributed by atoms with Gasteiger partial charge in [0.1, 0.15) is 12.4 Å². The minimum absolute atomic E-state index is 0.00354. The van der Waals surface area contributed by atoms with Crippen LogP contribution in [0, 0.1) is 17.3 Å². The number of halogens is 3. The monoisotopic (exact) mass is 528 g/mol. The van der Waals surface area contributed by atoms with Crippen LogP contribution in [0.25, 0.3) is 0 Å². The number of piperidine rings is 1. The Bertz CT molecular complexity index is 1000. The van der Waals surface area contributed by atoms with Crippen LogP contribution in [-0.4, -0.2) is 76.8 Å². The number of nitrogens with zero attached hydrogens (tertiary/aromatic N) is 2. The van der Waals surface area contributed by atoms with Crippen molar-refractivity contribution < 1.29 is 19.4 Å². The van der Waals surface area contributed by atoms with Gasteiger partial charge in [-0.3, -0.25) is 4.90 Å². The highest BCUT2D eigenvalue weighted by atomic mass is 35.6. The number of hydrogen-bond donors (Lipinski definition) is 1. The second kappa shape index (κ2) is 8.04. The number of benzene rings is 1. The fourth-order valence-corrected chi connectivity index (χ4v) is 9.21. The Morgan fingerprint density at radius 1 is 1.29 bits per heavy atom. The van der Waals surface area contributed by atoms with Crippen LogP contribution >= 0.6 is 34.8 Å². The van der Waals surface area contributed by atoms with Crippen molar-refractivity contribution >= 4 is 40.9 Å². The van der Waals surface area contributed by atoms with Gasteiger partial charge in [0.2, 0.25) is 3.79 Å². The van der Waals surface area contributed by atoms with Crippen LogP contribution in [-0.2, 0) is 16.6 Å². The smallest absolute Gasteiger partial charge is 0.410 e. The van der Waals surface area contributed by atoms with Crippen LogP contribution < -0.4 is 4.74 Å². The third-order valence-electron chi connectivity index (χ3n) is 9.79. The number of aliphatic hydroxyl groups is 1. The summed E-state index contributed by atoms with van der Waals surface area (Å²) < 4.78 is 9.49. The van der Waals surface area contributed by atoms with E-state index < -0.39 is 3.79 Å². The zero-order valence-corrected chi connectivity index (χ0v) is 21.6. The number of carbonyl (C=O) groups excluding carboxylic acids is 1. The van der Waals surface area contributed by atoms with Gasteiger partial charge in [0.25, 0.3) is 0 Å². The Hall–Kier alpha value is -0.920. The zero-order valence-electron chi connectivity index (χ0n) is 19.3. The number of amides is 1. The second-order valence-electron chi connectivity index (χ2n) is 10.8. The number of rotatable bonds is 4. The average Bonchev–Trinajstić information content (AvgIpc) is 3.25. The molecule has 1 N–H and O–H groups in total. The molecule has 6 atom stereocenters. The van der Waals surface area contributed by atoms with Gasteiger partial charge in [-0.2, -0.15) is 0 Å². The summed E-state index contributed by atoms with van der Waals surface area (Å²) in [6, 6.07) is 7.13. The number of β-amino-alcohol motifs (C(OH)–C–C–N with tert-alkyl or cyclic N) is 1. The fourth-order valence-electron chi connectivity index (χ4n) is 9.04. The Balaban J connectivity index is 1.42. The lowest BCUT2D eigenvalue weighted by molar-refractivity contribution is -0.104. The first-order chi connectivity index (χ1) is 16.2. The first-order valence-corrected chi connectivity index (χ1v) is 13.4. The van der Waals surface area contributed by atoms with Crippen LogP contribution in [0.3, 0.4) is 0 Å². The number of aliphatic hydroxyl groups excluding tert-OH is 1. The minimum Gasteiger partial charge on any atom is -0.497 e. The van der Waals surface area contributed by atoms with E-state index in [1.165, 1.54) is 11.1 Å². The Labute approximate surface area is 215 Å².